The van der Waals surface area contributed by atoms with Crippen molar-refractivity contribution in [2.75, 3.05) is 12.3 Å². The Bertz CT molecular complexity index is 1130. The van der Waals surface area contributed by atoms with Crippen LogP contribution in [0.15, 0.2) is 83.8 Å². The zero-order chi connectivity index (χ0) is 21.8. The number of hydrogen-bond acceptors (Lipinski definition) is 5. The smallest absolute Gasteiger partial charge is 0.336 e. The first-order chi connectivity index (χ1) is 15.0. The minimum absolute atomic E-state index is 0.0670. The number of hydrogen-bond donors (Lipinski definition) is 1. The standard InChI is InChI=1S/C24H19NO5S/c26-22(15-31-21-13-7-5-11-18(21)24(28)29)25-14-20(16-8-2-1-3-9-16)30-19-12-6-4-10-17(19)23(25)27/h1-13,20H,14-15H2,(H,28,29)/t20-/m1/s1. The molecule has 7 heteroatoms. The van der Waals surface area contributed by atoms with Crippen LogP contribution < -0.4 is 4.74 Å². The fourth-order valence-electron chi connectivity index (χ4n) is 3.37. The molecule has 1 aliphatic rings. The number of carboxylic acids is 1. The lowest BCUT2D eigenvalue weighted by Gasteiger charge is -2.23. The van der Waals surface area contributed by atoms with E-state index < -0.39 is 23.9 Å². The summed E-state index contributed by atoms with van der Waals surface area (Å²) in [4.78, 5) is 39.3. The molecule has 4 rings (SSSR count). The fraction of sp³-hybridized carbons (Fsp3) is 0.125. The minimum Gasteiger partial charge on any atom is -0.483 e. The van der Waals surface area contributed by atoms with Gasteiger partial charge in [-0.25, -0.2) is 4.79 Å². The Hall–Kier alpha value is -3.58. The molecule has 0 bridgehead atoms. The molecule has 0 unspecified atom stereocenters. The number of rotatable bonds is 5. The highest BCUT2D eigenvalue weighted by atomic mass is 32.2. The second kappa shape index (κ2) is 9.06. The Kier molecular flexibility index (Phi) is 6.04. The topological polar surface area (TPSA) is 83.9 Å². The summed E-state index contributed by atoms with van der Waals surface area (Å²) in [5, 5.41) is 9.35. The van der Waals surface area contributed by atoms with Gasteiger partial charge in [0.15, 0.2) is 0 Å². The van der Waals surface area contributed by atoms with Crippen LogP contribution in [0.4, 0.5) is 0 Å². The lowest BCUT2D eigenvalue weighted by atomic mass is 10.1. The Balaban J connectivity index is 1.60. The number of nitrogens with zero attached hydrogens (tertiary/aromatic N) is 1. The van der Waals surface area contributed by atoms with Crippen LogP contribution in [0.5, 0.6) is 5.75 Å². The number of ether oxygens (including phenoxy) is 1. The molecule has 0 aliphatic carbocycles. The van der Waals surface area contributed by atoms with Crippen LogP contribution in [-0.2, 0) is 4.79 Å². The lowest BCUT2D eigenvalue weighted by Crippen LogP contribution is -2.40. The molecule has 0 saturated carbocycles. The first kappa shape index (κ1) is 20.7. The molecule has 1 heterocycles. The predicted molar refractivity (Wildman–Crippen MR) is 116 cm³/mol. The maximum Gasteiger partial charge on any atom is 0.336 e. The summed E-state index contributed by atoms with van der Waals surface area (Å²) in [7, 11) is 0. The third-order valence-electron chi connectivity index (χ3n) is 4.92. The van der Waals surface area contributed by atoms with Crippen molar-refractivity contribution in [3.05, 3.63) is 95.6 Å². The predicted octanol–water partition coefficient (Wildman–Crippen LogP) is 4.28. The maximum atomic E-state index is 13.2. The molecule has 1 N–H and O–H groups in total. The van der Waals surface area contributed by atoms with Gasteiger partial charge >= 0.3 is 5.97 Å². The van der Waals surface area contributed by atoms with Crippen molar-refractivity contribution in [1.82, 2.24) is 4.90 Å². The highest BCUT2D eigenvalue weighted by Crippen LogP contribution is 2.32. The van der Waals surface area contributed by atoms with E-state index in [4.69, 9.17) is 4.74 Å². The summed E-state index contributed by atoms with van der Waals surface area (Å²) in [5.74, 6) is -1.53. The molecule has 0 aromatic heterocycles. The number of para-hydroxylation sites is 1. The van der Waals surface area contributed by atoms with E-state index in [0.29, 0.717) is 16.2 Å². The van der Waals surface area contributed by atoms with Gasteiger partial charge in [0.25, 0.3) is 5.91 Å². The van der Waals surface area contributed by atoms with Gasteiger partial charge in [-0.2, -0.15) is 0 Å². The van der Waals surface area contributed by atoms with Gasteiger partial charge in [0.1, 0.15) is 11.9 Å². The zero-order valence-corrected chi connectivity index (χ0v) is 17.2. The third kappa shape index (κ3) is 4.46. The molecule has 0 fully saturated rings. The Morgan fingerprint density at radius 3 is 2.42 bits per heavy atom. The average Bonchev–Trinajstić information content (AvgIpc) is 2.95. The van der Waals surface area contributed by atoms with Crippen LogP contribution in [0, 0.1) is 0 Å². The number of benzene rings is 3. The second-order valence-electron chi connectivity index (χ2n) is 6.91. The largest absolute Gasteiger partial charge is 0.483 e. The normalized spacial score (nSPS) is 15.5. The number of imide groups is 1. The molecular formula is C24H19NO5S. The summed E-state index contributed by atoms with van der Waals surface area (Å²) in [6, 6.07) is 22.8. The van der Waals surface area contributed by atoms with Crippen molar-refractivity contribution in [1.29, 1.82) is 0 Å². The van der Waals surface area contributed by atoms with Crippen LogP contribution in [0.1, 0.15) is 32.4 Å². The number of fused-ring (bicyclic) bond motifs is 1. The highest BCUT2D eigenvalue weighted by molar-refractivity contribution is 8.00. The molecule has 2 amide bonds. The van der Waals surface area contributed by atoms with Gasteiger partial charge in [-0.15, -0.1) is 11.8 Å². The van der Waals surface area contributed by atoms with Gasteiger partial charge in [0.05, 0.1) is 23.4 Å². The van der Waals surface area contributed by atoms with E-state index in [1.54, 1.807) is 42.5 Å². The van der Waals surface area contributed by atoms with E-state index in [1.807, 2.05) is 30.3 Å². The molecule has 31 heavy (non-hydrogen) atoms. The van der Waals surface area contributed by atoms with Gasteiger partial charge in [-0.1, -0.05) is 54.6 Å². The van der Waals surface area contributed by atoms with E-state index in [1.165, 1.54) is 11.0 Å². The third-order valence-corrected chi connectivity index (χ3v) is 5.98. The average molecular weight is 433 g/mol. The van der Waals surface area contributed by atoms with E-state index in [0.717, 1.165) is 17.3 Å². The van der Waals surface area contributed by atoms with Crippen molar-refractivity contribution < 1.29 is 24.2 Å². The van der Waals surface area contributed by atoms with Crippen LogP contribution in [0.25, 0.3) is 0 Å². The second-order valence-corrected chi connectivity index (χ2v) is 7.93. The molecule has 156 valence electrons. The van der Waals surface area contributed by atoms with Gasteiger partial charge in [-0.05, 0) is 29.8 Å². The molecule has 3 aromatic carbocycles. The first-order valence-electron chi connectivity index (χ1n) is 9.65. The van der Waals surface area contributed by atoms with E-state index in [2.05, 4.69) is 0 Å². The van der Waals surface area contributed by atoms with Crippen molar-refractivity contribution in [3.8, 4) is 5.75 Å². The molecular weight excluding hydrogens is 414 g/mol. The monoisotopic (exact) mass is 433 g/mol. The van der Waals surface area contributed by atoms with Gasteiger partial charge in [-0.3, -0.25) is 14.5 Å². The molecule has 6 nitrogen and oxygen atoms in total. The quantitative estimate of drug-likeness (QED) is 0.605. The van der Waals surface area contributed by atoms with E-state index >= 15 is 0 Å². The number of amides is 2. The van der Waals surface area contributed by atoms with Gasteiger partial charge in [0, 0.05) is 4.90 Å². The van der Waals surface area contributed by atoms with Gasteiger partial charge in [0.2, 0.25) is 5.91 Å². The first-order valence-corrected chi connectivity index (χ1v) is 10.6. The van der Waals surface area contributed by atoms with Crippen LogP contribution >= 0.6 is 11.8 Å². The summed E-state index contributed by atoms with van der Waals surface area (Å²) in [5.41, 5.74) is 1.30. The SMILES string of the molecule is O=C(O)c1ccccc1SCC(=O)N1C[C@H](c2ccccc2)Oc2ccccc2C1=O. The number of aromatic carboxylic acids is 1. The Morgan fingerprint density at radius 2 is 1.65 bits per heavy atom. The number of carbonyl (C=O) groups is 3. The zero-order valence-electron chi connectivity index (χ0n) is 16.4. The summed E-state index contributed by atoms with van der Waals surface area (Å²) in [6.45, 7) is 0.0670. The Morgan fingerprint density at radius 1 is 0.968 bits per heavy atom. The summed E-state index contributed by atoms with van der Waals surface area (Å²) >= 11 is 1.10. The lowest BCUT2D eigenvalue weighted by molar-refractivity contribution is -0.126. The Labute approximate surface area is 183 Å². The van der Waals surface area contributed by atoms with Crippen molar-refractivity contribution >= 4 is 29.5 Å². The number of carbonyl (C=O) groups excluding carboxylic acids is 2. The van der Waals surface area contributed by atoms with Crippen LogP contribution in [0.2, 0.25) is 0 Å². The van der Waals surface area contributed by atoms with Crippen LogP contribution in [-0.4, -0.2) is 40.1 Å². The summed E-state index contributed by atoms with van der Waals surface area (Å²) < 4.78 is 6.11. The van der Waals surface area contributed by atoms with Crippen molar-refractivity contribution in [2.45, 2.75) is 11.0 Å². The minimum atomic E-state index is -1.06. The molecule has 0 radical (unpaired) electrons. The van der Waals surface area contributed by atoms with Crippen molar-refractivity contribution in [2.24, 2.45) is 0 Å². The molecule has 0 spiro atoms. The maximum absolute atomic E-state index is 13.2. The highest BCUT2D eigenvalue weighted by Gasteiger charge is 2.33. The van der Waals surface area contributed by atoms with Crippen LogP contribution in [0.3, 0.4) is 0 Å². The van der Waals surface area contributed by atoms with E-state index in [9.17, 15) is 19.5 Å². The molecule has 0 saturated heterocycles. The number of carboxylic acid groups (broad SMARTS) is 1. The molecule has 1 atom stereocenters. The van der Waals surface area contributed by atoms with Gasteiger partial charge < -0.3 is 9.84 Å². The number of thioether (sulfide) groups is 1. The summed E-state index contributed by atoms with van der Waals surface area (Å²) in [6.07, 6.45) is -0.506. The van der Waals surface area contributed by atoms with E-state index in [-0.39, 0.29) is 17.9 Å². The molecule has 3 aromatic rings. The van der Waals surface area contributed by atoms with Crippen molar-refractivity contribution in [3.63, 3.8) is 0 Å². The fourth-order valence-corrected chi connectivity index (χ4v) is 4.29. The molecule has 1 aliphatic heterocycles.